The summed E-state index contributed by atoms with van der Waals surface area (Å²) in [6.45, 7) is 10.5. The van der Waals surface area contributed by atoms with Crippen LogP contribution in [-0.2, 0) is 11.3 Å². The highest BCUT2D eigenvalue weighted by molar-refractivity contribution is 5.81. The van der Waals surface area contributed by atoms with E-state index in [0.29, 0.717) is 0 Å². The Morgan fingerprint density at radius 1 is 1.20 bits per heavy atom. The van der Waals surface area contributed by atoms with Crippen LogP contribution < -0.4 is 15.4 Å². The monoisotopic (exact) mass is 278 g/mol. The Morgan fingerprint density at radius 3 is 2.20 bits per heavy atom. The zero-order valence-electron chi connectivity index (χ0n) is 13.3. The maximum Gasteiger partial charge on any atom is 0.260 e. The number of carbonyl (C=O) groups excluding carboxylic acids is 1. The molecule has 4 heteroatoms. The fraction of sp³-hybridized carbons (Fsp3) is 0.562. The molecule has 0 radical (unpaired) electrons. The molecule has 0 saturated heterocycles. The first-order valence-electron chi connectivity index (χ1n) is 7.07. The fourth-order valence-electron chi connectivity index (χ4n) is 2.16. The van der Waals surface area contributed by atoms with Crippen molar-refractivity contribution >= 4 is 5.91 Å². The Labute approximate surface area is 121 Å². The molecule has 1 unspecified atom stereocenters. The van der Waals surface area contributed by atoms with E-state index >= 15 is 0 Å². The van der Waals surface area contributed by atoms with Gasteiger partial charge in [0.05, 0.1) is 0 Å². The van der Waals surface area contributed by atoms with Crippen molar-refractivity contribution in [3.63, 3.8) is 0 Å². The summed E-state index contributed by atoms with van der Waals surface area (Å²) in [5.41, 5.74) is 3.33. The molecule has 0 spiro atoms. The molecular weight excluding hydrogens is 252 g/mol. The minimum atomic E-state index is -0.495. The van der Waals surface area contributed by atoms with Crippen molar-refractivity contribution in [2.24, 2.45) is 0 Å². The normalized spacial score (nSPS) is 12.3. The molecule has 1 atom stereocenters. The second-order valence-corrected chi connectivity index (χ2v) is 5.51. The molecule has 0 aromatic heterocycles. The molecule has 0 aliphatic carbocycles. The topological polar surface area (TPSA) is 50.4 Å². The maximum absolute atomic E-state index is 11.9. The lowest BCUT2D eigenvalue weighted by atomic mass is 10.1. The Hall–Kier alpha value is -1.55. The molecule has 1 amide bonds. The number of aryl methyl sites for hydroxylation is 2. The maximum atomic E-state index is 11.9. The molecule has 2 N–H and O–H groups in total. The van der Waals surface area contributed by atoms with Crippen molar-refractivity contribution in [2.75, 3.05) is 7.05 Å². The van der Waals surface area contributed by atoms with Crippen molar-refractivity contribution in [3.05, 3.63) is 28.8 Å². The van der Waals surface area contributed by atoms with E-state index in [-0.39, 0.29) is 11.9 Å². The summed E-state index contributed by atoms with van der Waals surface area (Å²) in [4.78, 5) is 11.9. The van der Waals surface area contributed by atoms with Gasteiger partial charge in [0.1, 0.15) is 5.75 Å². The number of amides is 1. The third kappa shape index (κ3) is 4.53. The lowest BCUT2D eigenvalue weighted by Gasteiger charge is -2.20. The van der Waals surface area contributed by atoms with Crippen LogP contribution in [0.2, 0.25) is 0 Å². The molecule has 0 heterocycles. The summed E-state index contributed by atoms with van der Waals surface area (Å²) >= 11 is 0. The van der Waals surface area contributed by atoms with E-state index in [1.54, 1.807) is 6.92 Å². The van der Waals surface area contributed by atoms with Crippen LogP contribution in [-0.4, -0.2) is 25.1 Å². The molecule has 0 fully saturated rings. The van der Waals surface area contributed by atoms with Crippen LogP contribution in [0.5, 0.6) is 5.75 Å². The fourth-order valence-corrected chi connectivity index (χ4v) is 2.16. The summed E-state index contributed by atoms with van der Waals surface area (Å²) < 4.78 is 5.84. The van der Waals surface area contributed by atoms with Gasteiger partial charge in [0.25, 0.3) is 5.91 Å². The van der Waals surface area contributed by atoms with Gasteiger partial charge >= 0.3 is 0 Å². The van der Waals surface area contributed by atoms with E-state index in [4.69, 9.17) is 4.74 Å². The van der Waals surface area contributed by atoms with Crippen molar-refractivity contribution in [3.8, 4) is 5.75 Å². The van der Waals surface area contributed by atoms with Gasteiger partial charge in [-0.05, 0) is 58.4 Å². The number of ether oxygens (including phenoxy) is 1. The third-order valence-corrected chi connectivity index (χ3v) is 3.00. The second kappa shape index (κ2) is 7.29. The van der Waals surface area contributed by atoms with Crippen LogP contribution in [0.15, 0.2) is 12.1 Å². The number of hydrogen-bond donors (Lipinski definition) is 2. The summed E-state index contributed by atoms with van der Waals surface area (Å²) in [5.74, 6) is 0.717. The lowest BCUT2D eigenvalue weighted by Crippen LogP contribution is -2.40. The van der Waals surface area contributed by atoms with Crippen molar-refractivity contribution in [2.45, 2.75) is 53.3 Å². The summed E-state index contributed by atoms with van der Waals surface area (Å²) in [5, 5.41) is 5.99. The van der Waals surface area contributed by atoms with Gasteiger partial charge < -0.3 is 15.4 Å². The zero-order valence-corrected chi connectivity index (χ0v) is 13.3. The van der Waals surface area contributed by atoms with E-state index in [1.807, 2.05) is 34.7 Å². The van der Waals surface area contributed by atoms with Crippen LogP contribution in [0.1, 0.15) is 37.5 Å². The van der Waals surface area contributed by atoms with E-state index in [1.165, 1.54) is 5.56 Å². The first kappa shape index (κ1) is 16.5. The molecular formula is C16H26N2O2. The van der Waals surface area contributed by atoms with E-state index in [2.05, 4.69) is 22.8 Å². The van der Waals surface area contributed by atoms with Gasteiger partial charge in [0.2, 0.25) is 0 Å². The zero-order chi connectivity index (χ0) is 15.3. The smallest absolute Gasteiger partial charge is 0.260 e. The number of nitrogens with one attached hydrogen (secondary N) is 2. The molecule has 0 aliphatic heterocycles. The average molecular weight is 278 g/mol. The molecule has 112 valence electrons. The Kier molecular flexibility index (Phi) is 6.02. The minimum Gasteiger partial charge on any atom is -0.480 e. The van der Waals surface area contributed by atoms with Gasteiger partial charge in [-0.15, -0.1) is 0 Å². The Balaban J connectivity index is 2.84. The van der Waals surface area contributed by atoms with Crippen LogP contribution in [0.4, 0.5) is 0 Å². The van der Waals surface area contributed by atoms with Gasteiger partial charge in [0, 0.05) is 12.6 Å². The van der Waals surface area contributed by atoms with Crippen LogP contribution >= 0.6 is 0 Å². The number of rotatable bonds is 6. The highest BCUT2D eigenvalue weighted by atomic mass is 16.5. The lowest BCUT2D eigenvalue weighted by molar-refractivity contribution is -0.127. The number of carbonyl (C=O) groups is 1. The van der Waals surface area contributed by atoms with Gasteiger partial charge in [-0.3, -0.25) is 4.79 Å². The van der Waals surface area contributed by atoms with Crippen LogP contribution in [0.3, 0.4) is 0 Å². The highest BCUT2D eigenvalue weighted by Crippen LogP contribution is 2.26. The van der Waals surface area contributed by atoms with Crippen molar-refractivity contribution in [1.82, 2.24) is 10.6 Å². The quantitative estimate of drug-likeness (QED) is 0.839. The largest absolute Gasteiger partial charge is 0.480 e. The van der Waals surface area contributed by atoms with Gasteiger partial charge in [0.15, 0.2) is 6.10 Å². The highest BCUT2D eigenvalue weighted by Gasteiger charge is 2.17. The molecule has 0 bridgehead atoms. The van der Waals surface area contributed by atoms with Gasteiger partial charge in [-0.25, -0.2) is 0 Å². The predicted octanol–water partition coefficient (Wildman–Crippen LogP) is 2.31. The summed E-state index contributed by atoms with van der Waals surface area (Å²) in [7, 11) is 1.92. The van der Waals surface area contributed by atoms with Crippen LogP contribution in [0, 0.1) is 13.8 Å². The predicted molar refractivity (Wildman–Crippen MR) is 82.0 cm³/mol. The molecule has 1 aromatic carbocycles. The average Bonchev–Trinajstić information content (AvgIpc) is 2.33. The minimum absolute atomic E-state index is 0.0851. The SMILES string of the molecule is CNCc1cc(C)c(OC(C)C(=O)NC(C)C)c(C)c1. The molecule has 0 aliphatic rings. The summed E-state index contributed by atoms with van der Waals surface area (Å²) in [6, 6.07) is 4.30. The van der Waals surface area contributed by atoms with Crippen LogP contribution in [0.25, 0.3) is 0 Å². The standard InChI is InChI=1S/C16H26N2O2/c1-10(2)18-16(19)13(5)20-15-11(3)7-14(9-17-6)8-12(15)4/h7-8,10,13,17H,9H2,1-6H3,(H,18,19). The third-order valence-electron chi connectivity index (χ3n) is 3.00. The van der Waals surface area contributed by atoms with E-state index in [0.717, 1.165) is 23.4 Å². The summed E-state index contributed by atoms with van der Waals surface area (Å²) in [6.07, 6.45) is -0.495. The van der Waals surface area contributed by atoms with E-state index < -0.39 is 6.10 Å². The van der Waals surface area contributed by atoms with Gasteiger partial charge in [-0.2, -0.15) is 0 Å². The molecule has 1 rings (SSSR count). The van der Waals surface area contributed by atoms with Crippen molar-refractivity contribution < 1.29 is 9.53 Å². The number of benzene rings is 1. The Bertz CT molecular complexity index is 447. The first-order valence-corrected chi connectivity index (χ1v) is 7.07. The molecule has 4 nitrogen and oxygen atoms in total. The van der Waals surface area contributed by atoms with Crippen molar-refractivity contribution in [1.29, 1.82) is 0 Å². The van der Waals surface area contributed by atoms with E-state index in [9.17, 15) is 4.79 Å². The second-order valence-electron chi connectivity index (χ2n) is 5.51. The van der Waals surface area contributed by atoms with Gasteiger partial charge in [-0.1, -0.05) is 12.1 Å². The molecule has 1 aromatic rings. The molecule has 0 saturated carbocycles. The molecule has 20 heavy (non-hydrogen) atoms. The first-order chi connectivity index (χ1) is 9.35. The number of hydrogen-bond acceptors (Lipinski definition) is 3. The Morgan fingerprint density at radius 2 is 1.75 bits per heavy atom.